The molecule has 0 unspecified atom stereocenters. The summed E-state index contributed by atoms with van der Waals surface area (Å²) in [7, 11) is -1.47. The molecule has 0 spiro atoms. The van der Waals surface area contributed by atoms with Crippen molar-refractivity contribution < 1.29 is 8.42 Å². The first kappa shape index (κ1) is 26.6. The van der Waals surface area contributed by atoms with Crippen molar-refractivity contribution >= 4 is 33.2 Å². The summed E-state index contributed by atoms with van der Waals surface area (Å²) in [5, 5.41) is 3.33. The van der Waals surface area contributed by atoms with Crippen LogP contribution in [-0.2, 0) is 23.0 Å². The maximum absolute atomic E-state index is 12.9. The number of sulfonamides is 1. The summed E-state index contributed by atoms with van der Waals surface area (Å²) in [6, 6.07) is 15.4. The molecule has 2 aliphatic rings. The quantitative estimate of drug-likeness (QED) is 0.473. The van der Waals surface area contributed by atoms with Crippen LogP contribution in [0.25, 0.3) is 0 Å². The number of likely N-dealkylation sites (N-methyl/N-ethyl adjacent to an activating group) is 1. The fourth-order valence-corrected chi connectivity index (χ4v) is 6.28. The van der Waals surface area contributed by atoms with Gasteiger partial charge in [-0.05, 0) is 70.1 Å². The van der Waals surface area contributed by atoms with Gasteiger partial charge in [0.05, 0.1) is 4.90 Å². The van der Waals surface area contributed by atoms with E-state index in [-0.39, 0.29) is 4.90 Å². The van der Waals surface area contributed by atoms with Crippen LogP contribution >= 0.6 is 0 Å². The Morgan fingerprint density at radius 3 is 2.42 bits per heavy atom. The van der Waals surface area contributed by atoms with Gasteiger partial charge in [0, 0.05) is 67.9 Å². The van der Waals surface area contributed by atoms with Crippen LogP contribution in [0.3, 0.4) is 0 Å². The summed E-state index contributed by atoms with van der Waals surface area (Å²) in [5.74, 6) is 1.31. The van der Waals surface area contributed by atoms with Crippen LogP contribution in [0.4, 0.5) is 23.1 Å². The van der Waals surface area contributed by atoms with E-state index in [0.717, 1.165) is 61.9 Å². The third kappa shape index (κ3) is 6.32. The first-order chi connectivity index (χ1) is 18.1. The fraction of sp³-hybridized carbons (Fsp3) is 0.429. The molecule has 202 valence electrons. The molecule has 10 heteroatoms. The fourth-order valence-electron chi connectivity index (χ4n) is 4.82. The lowest BCUT2D eigenvalue weighted by Gasteiger charge is -2.32. The van der Waals surface area contributed by atoms with Gasteiger partial charge in [0.15, 0.2) is 0 Å². The molecule has 0 aliphatic carbocycles. The predicted molar refractivity (Wildman–Crippen MR) is 152 cm³/mol. The van der Waals surface area contributed by atoms with Gasteiger partial charge in [-0.2, -0.15) is 4.98 Å². The smallest absolute Gasteiger partial charge is 0.241 e. The standard InChI is InChI=1S/C28H37N7O2S/c1-28(2,3)32-38(36,37)25-7-5-6-24(18-25)35-13-12-22-19-29-27(31-26(22)35)30-23-10-8-21(9-11-23)20-34-16-14-33(4)15-17-34/h5-11,18-19,32H,12-17,20H2,1-4H3,(H,29,30,31). The van der Waals surface area contributed by atoms with Gasteiger partial charge in [-0.3, -0.25) is 4.90 Å². The highest BCUT2D eigenvalue weighted by Crippen LogP contribution is 2.34. The molecule has 0 saturated carbocycles. The number of aromatic nitrogens is 2. The lowest BCUT2D eigenvalue weighted by Crippen LogP contribution is -2.43. The van der Waals surface area contributed by atoms with Gasteiger partial charge in [0.25, 0.3) is 0 Å². The van der Waals surface area contributed by atoms with Gasteiger partial charge in [-0.1, -0.05) is 18.2 Å². The number of nitrogens with one attached hydrogen (secondary N) is 2. The summed E-state index contributed by atoms with van der Waals surface area (Å²) in [5.41, 5.74) is 3.48. The van der Waals surface area contributed by atoms with Gasteiger partial charge < -0.3 is 15.1 Å². The number of nitrogens with zero attached hydrogens (tertiary/aromatic N) is 5. The van der Waals surface area contributed by atoms with Crippen LogP contribution in [0, 0.1) is 0 Å². The van der Waals surface area contributed by atoms with E-state index >= 15 is 0 Å². The minimum Gasteiger partial charge on any atom is -0.326 e. The van der Waals surface area contributed by atoms with Gasteiger partial charge in [0.2, 0.25) is 16.0 Å². The summed E-state index contributed by atoms with van der Waals surface area (Å²) in [6.45, 7) is 11.6. The number of piperazine rings is 1. The minimum absolute atomic E-state index is 0.238. The van der Waals surface area contributed by atoms with Crippen molar-refractivity contribution in [2.24, 2.45) is 0 Å². The Bertz CT molecular complexity index is 1380. The Hall–Kier alpha value is -3.05. The molecule has 38 heavy (non-hydrogen) atoms. The van der Waals surface area contributed by atoms with Crippen molar-refractivity contribution in [2.75, 3.05) is 50.0 Å². The van der Waals surface area contributed by atoms with E-state index in [9.17, 15) is 8.42 Å². The number of anilines is 4. The van der Waals surface area contributed by atoms with Crippen molar-refractivity contribution in [3.05, 3.63) is 65.9 Å². The average molecular weight is 536 g/mol. The van der Waals surface area contributed by atoms with E-state index in [1.807, 2.05) is 33.0 Å². The summed E-state index contributed by atoms with van der Waals surface area (Å²) in [4.78, 5) is 16.5. The zero-order valence-corrected chi connectivity index (χ0v) is 23.4. The third-order valence-corrected chi connectivity index (χ3v) is 8.55. The topological polar surface area (TPSA) is 93.7 Å². The Morgan fingerprint density at radius 1 is 0.974 bits per heavy atom. The molecule has 1 aromatic heterocycles. The molecule has 2 aromatic carbocycles. The Kier molecular flexibility index (Phi) is 7.41. The van der Waals surface area contributed by atoms with Crippen LogP contribution in [0.5, 0.6) is 0 Å². The zero-order valence-electron chi connectivity index (χ0n) is 22.6. The Morgan fingerprint density at radius 2 is 1.71 bits per heavy atom. The van der Waals surface area contributed by atoms with E-state index in [1.54, 1.807) is 18.2 Å². The molecular formula is C28H37N7O2S. The summed E-state index contributed by atoms with van der Waals surface area (Å²) < 4.78 is 28.5. The lowest BCUT2D eigenvalue weighted by molar-refractivity contribution is 0.148. The molecule has 2 N–H and O–H groups in total. The van der Waals surface area contributed by atoms with E-state index in [0.29, 0.717) is 12.5 Å². The monoisotopic (exact) mass is 535 g/mol. The van der Waals surface area contributed by atoms with Crippen LogP contribution in [0.1, 0.15) is 31.9 Å². The van der Waals surface area contributed by atoms with Gasteiger partial charge in [-0.15, -0.1) is 0 Å². The average Bonchev–Trinajstić information content (AvgIpc) is 3.29. The van der Waals surface area contributed by atoms with Crippen molar-refractivity contribution in [2.45, 2.75) is 44.2 Å². The van der Waals surface area contributed by atoms with E-state index in [4.69, 9.17) is 4.98 Å². The van der Waals surface area contributed by atoms with E-state index < -0.39 is 15.6 Å². The molecule has 3 aromatic rings. The lowest BCUT2D eigenvalue weighted by atomic mass is 10.1. The highest BCUT2D eigenvalue weighted by Gasteiger charge is 2.26. The number of fused-ring (bicyclic) bond motifs is 1. The summed E-state index contributed by atoms with van der Waals surface area (Å²) >= 11 is 0. The van der Waals surface area contributed by atoms with Crippen LogP contribution in [0.2, 0.25) is 0 Å². The minimum atomic E-state index is -3.64. The van der Waals surface area contributed by atoms with Crippen LogP contribution in [0.15, 0.2) is 59.6 Å². The van der Waals surface area contributed by atoms with Crippen molar-refractivity contribution in [3.8, 4) is 0 Å². The number of rotatable bonds is 7. The molecule has 1 saturated heterocycles. The van der Waals surface area contributed by atoms with E-state index in [2.05, 4.69) is 61.0 Å². The molecule has 1 fully saturated rings. The highest BCUT2D eigenvalue weighted by molar-refractivity contribution is 7.89. The molecule has 0 atom stereocenters. The summed E-state index contributed by atoms with van der Waals surface area (Å²) in [6.07, 6.45) is 2.65. The molecule has 0 amide bonds. The van der Waals surface area contributed by atoms with E-state index in [1.165, 1.54) is 5.56 Å². The largest absolute Gasteiger partial charge is 0.326 e. The predicted octanol–water partition coefficient (Wildman–Crippen LogP) is 3.74. The van der Waals surface area contributed by atoms with Crippen LogP contribution < -0.4 is 14.9 Å². The highest BCUT2D eigenvalue weighted by atomic mass is 32.2. The molecule has 3 heterocycles. The second-order valence-electron chi connectivity index (χ2n) is 11.2. The molecule has 2 aliphatic heterocycles. The van der Waals surface area contributed by atoms with Gasteiger partial charge in [0.1, 0.15) is 5.82 Å². The maximum Gasteiger partial charge on any atom is 0.241 e. The normalized spacial score (nSPS) is 17.0. The van der Waals surface area contributed by atoms with Gasteiger partial charge >= 0.3 is 0 Å². The number of hydrogen-bond acceptors (Lipinski definition) is 8. The molecule has 5 rings (SSSR count). The number of benzene rings is 2. The molecule has 9 nitrogen and oxygen atoms in total. The second-order valence-corrected chi connectivity index (χ2v) is 12.9. The Balaban J connectivity index is 1.30. The van der Waals surface area contributed by atoms with Crippen molar-refractivity contribution in [1.82, 2.24) is 24.5 Å². The van der Waals surface area contributed by atoms with Crippen molar-refractivity contribution in [1.29, 1.82) is 0 Å². The first-order valence-electron chi connectivity index (χ1n) is 13.1. The maximum atomic E-state index is 12.9. The van der Waals surface area contributed by atoms with Crippen molar-refractivity contribution in [3.63, 3.8) is 0 Å². The SMILES string of the molecule is CN1CCN(Cc2ccc(Nc3ncc4c(n3)N(c3cccc(S(=O)(=O)NC(C)(C)C)c3)CC4)cc2)CC1. The zero-order chi connectivity index (χ0) is 26.9. The first-order valence-corrected chi connectivity index (χ1v) is 14.6. The Labute approximate surface area is 225 Å². The van der Waals surface area contributed by atoms with Gasteiger partial charge in [-0.25, -0.2) is 18.1 Å². The molecular weight excluding hydrogens is 498 g/mol. The molecule has 0 radical (unpaired) electrons. The van der Waals surface area contributed by atoms with Crippen LogP contribution in [-0.4, -0.2) is 73.5 Å². The molecule has 0 bridgehead atoms. The second kappa shape index (κ2) is 10.6. The third-order valence-electron chi connectivity index (χ3n) is 6.79. The number of hydrogen-bond donors (Lipinski definition) is 2.